The van der Waals surface area contributed by atoms with E-state index in [2.05, 4.69) is 5.16 Å². The summed E-state index contributed by atoms with van der Waals surface area (Å²) in [6.45, 7) is 1.15. The van der Waals surface area contributed by atoms with E-state index in [0.29, 0.717) is 0 Å². The summed E-state index contributed by atoms with van der Waals surface area (Å²) in [5.41, 5.74) is -0.468. The molecule has 0 amide bonds. The smallest absolute Gasteiger partial charge is 0.221 e. The molecule has 0 aromatic carbocycles. The van der Waals surface area contributed by atoms with Crippen molar-refractivity contribution >= 4 is 11.5 Å². The fraction of sp³-hybridized carbons (Fsp3) is 0.250. The minimum atomic E-state index is -0.532. The Morgan fingerprint density at radius 2 is 2.38 bits per heavy atom. The van der Waals surface area contributed by atoms with Crippen molar-refractivity contribution in [2.24, 2.45) is 5.16 Å². The normalized spacial score (nSPS) is 10.2. The molecule has 0 bridgehead atoms. The maximum absolute atomic E-state index is 10.1. The first-order chi connectivity index (χ1) is 3.72. The van der Waals surface area contributed by atoms with Crippen molar-refractivity contribution in [2.75, 3.05) is 0 Å². The number of Topliss-reactive ketones (excluding diaryl/α,β-unsaturated/α-hetero) is 1. The zero-order valence-electron chi connectivity index (χ0n) is 4.25. The van der Waals surface area contributed by atoms with Crippen LogP contribution < -0.4 is 0 Å². The summed E-state index contributed by atoms with van der Waals surface area (Å²) in [5, 5.41) is 18.2. The van der Waals surface area contributed by atoms with Gasteiger partial charge in [-0.25, -0.2) is 0 Å². The van der Waals surface area contributed by atoms with E-state index in [-0.39, 0.29) is 0 Å². The van der Waals surface area contributed by atoms with Crippen LogP contribution in [0.2, 0.25) is 0 Å². The highest BCUT2D eigenvalue weighted by atomic mass is 16.4. The molecular weight excluding hydrogens is 108 g/mol. The first kappa shape index (κ1) is 6.63. The van der Waals surface area contributed by atoms with Gasteiger partial charge in [0, 0.05) is 6.92 Å². The molecule has 8 heavy (non-hydrogen) atoms. The Kier molecular flexibility index (Phi) is 2.28. The molecule has 0 saturated carbocycles. The van der Waals surface area contributed by atoms with Crippen LogP contribution in [0.3, 0.4) is 0 Å². The summed E-state index contributed by atoms with van der Waals surface area (Å²) in [5.74, 6) is -0.532. The van der Waals surface area contributed by atoms with Crippen LogP contribution in [-0.2, 0) is 4.79 Å². The molecule has 4 heteroatoms. The number of hydrogen-bond donors (Lipinski definition) is 1. The second-order valence-electron chi connectivity index (χ2n) is 1.12. The number of nitriles is 1. The second-order valence-corrected chi connectivity index (χ2v) is 1.12. The SMILES string of the molecule is CC(=O)C(C#N)=NO. The second kappa shape index (κ2) is 2.75. The molecule has 0 rings (SSSR count). The van der Waals surface area contributed by atoms with E-state index in [1.165, 1.54) is 6.07 Å². The van der Waals surface area contributed by atoms with Gasteiger partial charge in [-0.3, -0.25) is 4.79 Å². The fourth-order valence-electron chi connectivity index (χ4n) is 0.171. The standard InChI is InChI=1S/C4H4N2O2/c1-3(7)4(2-5)6-8/h8H,1H3. The summed E-state index contributed by atoms with van der Waals surface area (Å²) in [6.07, 6.45) is 0. The van der Waals surface area contributed by atoms with Crippen molar-refractivity contribution in [3.63, 3.8) is 0 Å². The van der Waals surface area contributed by atoms with E-state index in [1.54, 1.807) is 0 Å². The first-order valence-corrected chi connectivity index (χ1v) is 1.85. The van der Waals surface area contributed by atoms with Crippen molar-refractivity contribution in [2.45, 2.75) is 6.92 Å². The Hall–Kier alpha value is -1.37. The zero-order chi connectivity index (χ0) is 6.57. The van der Waals surface area contributed by atoms with Crippen LogP contribution in [0.25, 0.3) is 0 Å². The van der Waals surface area contributed by atoms with Gasteiger partial charge in [0.05, 0.1) is 0 Å². The van der Waals surface area contributed by atoms with Crippen molar-refractivity contribution in [1.29, 1.82) is 5.26 Å². The van der Waals surface area contributed by atoms with E-state index in [4.69, 9.17) is 10.5 Å². The third-order valence-corrected chi connectivity index (χ3v) is 0.539. The summed E-state index contributed by atoms with van der Waals surface area (Å²) >= 11 is 0. The highest BCUT2D eigenvalue weighted by Gasteiger charge is 2.01. The lowest BCUT2D eigenvalue weighted by Crippen LogP contribution is -2.05. The summed E-state index contributed by atoms with van der Waals surface area (Å²) < 4.78 is 0. The zero-order valence-corrected chi connectivity index (χ0v) is 4.25. The highest BCUT2D eigenvalue weighted by molar-refractivity contribution is 6.45. The predicted octanol–water partition coefficient (Wildman–Crippen LogP) is -0.0708. The molecule has 0 heterocycles. The average molecular weight is 112 g/mol. The van der Waals surface area contributed by atoms with Crippen LogP contribution in [0.4, 0.5) is 0 Å². The molecule has 0 unspecified atom stereocenters. The fourth-order valence-corrected chi connectivity index (χ4v) is 0.171. The van der Waals surface area contributed by atoms with Crippen LogP contribution in [0.1, 0.15) is 6.92 Å². The molecule has 0 spiro atoms. The van der Waals surface area contributed by atoms with Crippen LogP contribution >= 0.6 is 0 Å². The first-order valence-electron chi connectivity index (χ1n) is 1.85. The third-order valence-electron chi connectivity index (χ3n) is 0.539. The molecule has 42 valence electrons. The van der Waals surface area contributed by atoms with Crippen LogP contribution in [0, 0.1) is 11.3 Å². The largest absolute Gasteiger partial charge is 0.410 e. The molecule has 0 radical (unpaired) electrons. The van der Waals surface area contributed by atoms with Crippen LogP contribution in [0.15, 0.2) is 5.16 Å². The molecule has 4 nitrogen and oxygen atoms in total. The van der Waals surface area contributed by atoms with Gasteiger partial charge in [0.2, 0.25) is 5.71 Å². The maximum atomic E-state index is 10.1. The molecule has 0 atom stereocenters. The molecule has 0 aliphatic heterocycles. The molecule has 0 aliphatic rings. The van der Waals surface area contributed by atoms with E-state index < -0.39 is 11.5 Å². The van der Waals surface area contributed by atoms with Crippen molar-refractivity contribution in [3.05, 3.63) is 0 Å². The number of oxime groups is 1. The average Bonchev–Trinajstić information content (AvgIpc) is 1.69. The van der Waals surface area contributed by atoms with E-state index in [0.717, 1.165) is 6.92 Å². The molecule has 0 saturated heterocycles. The molecule has 0 aromatic heterocycles. The van der Waals surface area contributed by atoms with Gasteiger partial charge < -0.3 is 5.21 Å². The molecule has 1 N–H and O–H groups in total. The minimum absolute atomic E-state index is 0.468. The van der Waals surface area contributed by atoms with Gasteiger partial charge in [-0.15, -0.1) is 0 Å². The van der Waals surface area contributed by atoms with Crippen molar-refractivity contribution in [3.8, 4) is 6.07 Å². The lowest BCUT2D eigenvalue weighted by molar-refractivity contribution is -0.111. The maximum Gasteiger partial charge on any atom is 0.221 e. The minimum Gasteiger partial charge on any atom is -0.410 e. The summed E-state index contributed by atoms with van der Waals surface area (Å²) in [6, 6.07) is 1.40. The Balaban J connectivity index is 4.20. The number of nitrogens with zero attached hydrogens (tertiary/aromatic N) is 2. The van der Waals surface area contributed by atoms with Gasteiger partial charge >= 0.3 is 0 Å². The van der Waals surface area contributed by atoms with Gasteiger partial charge in [0.25, 0.3) is 0 Å². The van der Waals surface area contributed by atoms with Gasteiger partial charge in [-0.1, -0.05) is 5.16 Å². The van der Waals surface area contributed by atoms with Crippen LogP contribution in [-0.4, -0.2) is 16.7 Å². The topological polar surface area (TPSA) is 73.5 Å². The molecular formula is C4H4N2O2. The molecule has 0 aliphatic carbocycles. The Labute approximate surface area is 46.0 Å². The van der Waals surface area contributed by atoms with E-state index in [9.17, 15) is 4.79 Å². The number of carbonyl (C=O) groups is 1. The highest BCUT2D eigenvalue weighted by Crippen LogP contribution is 1.74. The third kappa shape index (κ3) is 1.39. The summed E-state index contributed by atoms with van der Waals surface area (Å²) in [4.78, 5) is 10.1. The number of carbonyl (C=O) groups excluding carboxylic acids is 1. The van der Waals surface area contributed by atoms with Gasteiger partial charge in [-0.05, 0) is 0 Å². The number of ketones is 1. The lowest BCUT2D eigenvalue weighted by Gasteiger charge is -1.79. The van der Waals surface area contributed by atoms with Gasteiger partial charge in [0.15, 0.2) is 5.78 Å². The van der Waals surface area contributed by atoms with Crippen LogP contribution in [0.5, 0.6) is 0 Å². The number of hydrogen-bond acceptors (Lipinski definition) is 4. The van der Waals surface area contributed by atoms with Gasteiger partial charge in [-0.2, -0.15) is 5.26 Å². The van der Waals surface area contributed by atoms with Crippen molar-refractivity contribution in [1.82, 2.24) is 0 Å². The molecule has 0 fully saturated rings. The van der Waals surface area contributed by atoms with Crippen molar-refractivity contribution < 1.29 is 10.0 Å². The molecule has 0 aromatic rings. The van der Waals surface area contributed by atoms with E-state index in [1.807, 2.05) is 0 Å². The lowest BCUT2D eigenvalue weighted by atomic mass is 10.3. The predicted molar refractivity (Wildman–Crippen MR) is 25.5 cm³/mol. The Morgan fingerprint density at radius 1 is 1.88 bits per heavy atom. The number of rotatable bonds is 1. The summed E-state index contributed by atoms with van der Waals surface area (Å²) in [7, 11) is 0. The Bertz CT molecular complexity index is 165. The quantitative estimate of drug-likeness (QED) is 0.293. The van der Waals surface area contributed by atoms with E-state index >= 15 is 0 Å². The van der Waals surface area contributed by atoms with Gasteiger partial charge in [0.1, 0.15) is 6.07 Å². The monoisotopic (exact) mass is 112 g/mol. The Morgan fingerprint density at radius 3 is 2.38 bits per heavy atom.